The lowest BCUT2D eigenvalue weighted by Gasteiger charge is -2.20. The van der Waals surface area contributed by atoms with Crippen LogP contribution >= 0.6 is 11.6 Å². The van der Waals surface area contributed by atoms with Crippen LogP contribution in [0.3, 0.4) is 0 Å². The minimum atomic E-state index is -0.324. The van der Waals surface area contributed by atoms with Crippen LogP contribution in [0.1, 0.15) is 31.2 Å². The van der Waals surface area contributed by atoms with Gasteiger partial charge in [-0.25, -0.2) is 4.39 Å². The van der Waals surface area contributed by atoms with Gasteiger partial charge < -0.3 is 0 Å². The Kier molecular flexibility index (Phi) is 3.14. The Bertz CT molecular complexity index is 485. The highest BCUT2D eigenvalue weighted by Gasteiger charge is 2.42. The van der Waals surface area contributed by atoms with Gasteiger partial charge >= 0.3 is 0 Å². The summed E-state index contributed by atoms with van der Waals surface area (Å²) in [4.78, 5) is 12.3. The van der Waals surface area contributed by atoms with Gasteiger partial charge in [-0.3, -0.25) is 4.79 Å². The zero-order chi connectivity index (χ0) is 12.7. The van der Waals surface area contributed by atoms with Crippen molar-refractivity contribution in [2.75, 3.05) is 0 Å². The minimum Gasteiger partial charge on any atom is -0.299 e. The summed E-state index contributed by atoms with van der Waals surface area (Å²) in [5.74, 6) is 1.45. The van der Waals surface area contributed by atoms with Crippen molar-refractivity contribution in [3.05, 3.63) is 34.6 Å². The van der Waals surface area contributed by atoms with Crippen molar-refractivity contribution in [3.63, 3.8) is 0 Å². The Morgan fingerprint density at radius 2 is 2.17 bits per heavy atom. The molecule has 0 amide bonds. The second-order valence-electron chi connectivity index (χ2n) is 5.66. The fourth-order valence-corrected chi connectivity index (χ4v) is 3.82. The standard InChI is InChI=1S/C15H16ClFO/c16-14-4-3-12(17)7-11(14)8-15(18)13-6-9-1-2-10(13)5-9/h3-4,7,9-10,13H,1-2,5-6,8H2. The van der Waals surface area contributed by atoms with Gasteiger partial charge in [-0.2, -0.15) is 0 Å². The van der Waals surface area contributed by atoms with E-state index in [2.05, 4.69) is 0 Å². The Morgan fingerprint density at radius 1 is 1.33 bits per heavy atom. The van der Waals surface area contributed by atoms with Crippen molar-refractivity contribution in [1.29, 1.82) is 0 Å². The largest absolute Gasteiger partial charge is 0.299 e. The lowest BCUT2D eigenvalue weighted by Crippen LogP contribution is -2.22. The van der Waals surface area contributed by atoms with Gasteiger partial charge in [0.1, 0.15) is 11.6 Å². The molecule has 1 aromatic rings. The molecular formula is C15H16ClFO. The summed E-state index contributed by atoms with van der Waals surface area (Å²) >= 11 is 6.01. The smallest absolute Gasteiger partial charge is 0.140 e. The van der Waals surface area contributed by atoms with Crippen LogP contribution in [-0.4, -0.2) is 5.78 Å². The summed E-state index contributed by atoms with van der Waals surface area (Å²) in [7, 11) is 0. The van der Waals surface area contributed by atoms with E-state index in [0.717, 1.165) is 12.3 Å². The number of carbonyl (C=O) groups excluding carboxylic acids is 1. The van der Waals surface area contributed by atoms with E-state index in [0.29, 0.717) is 16.5 Å². The molecule has 18 heavy (non-hydrogen) atoms. The third-order valence-corrected chi connectivity index (χ3v) is 4.89. The van der Waals surface area contributed by atoms with Crippen LogP contribution in [0.5, 0.6) is 0 Å². The number of benzene rings is 1. The summed E-state index contributed by atoms with van der Waals surface area (Å²) in [6.45, 7) is 0. The molecule has 0 radical (unpaired) electrons. The molecular weight excluding hydrogens is 251 g/mol. The monoisotopic (exact) mass is 266 g/mol. The molecule has 1 aromatic carbocycles. The summed E-state index contributed by atoms with van der Waals surface area (Å²) in [5, 5.41) is 0.493. The number of hydrogen-bond acceptors (Lipinski definition) is 1. The molecule has 0 aromatic heterocycles. The maximum absolute atomic E-state index is 13.2. The summed E-state index contributed by atoms with van der Waals surface area (Å²) < 4.78 is 13.2. The molecule has 1 nitrogen and oxygen atoms in total. The average Bonchev–Trinajstić information content (AvgIpc) is 2.96. The Labute approximate surface area is 111 Å². The van der Waals surface area contributed by atoms with Gasteiger partial charge in [0.15, 0.2) is 0 Å². The number of fused-ring (bicyclic) bond motifs is 2. The van der Waals surface area contributed by atoms with Crippen molar-refractivity contribution in [1.82, 2.24) is 0 Å². The minimum absolute atomic E-state index is 0.197. The molecule has 2 saturated carbocycles. The lowest BCUT2D eigenvalue weighted by molar-refractivity contribution is -0.123. The number of Topliss-reactive ketones (excluding diaryl/α,β-unsaturated/α-hetero) is 1. The van der Waals surface area contributed by atoms with Crippen LogP contribution in [0.15, 0.2) is 18.2 Å². The van der Waals surface area contributed by atoms with E-state index >= 15 is 0 Å². The maximum Gasteiger partial charge on any atom is 0.140 e. The third kappa shape index (κ3) is 2.18. The van der Waals surface area contributed by atoms with Crippen LogP contribution in [-0.2, 0) is 11.2 Å². The van der Waals surface area contributed by atoms with E-state index in [4.69, 9.17) is 11.6 Å². The van der Waals surface area contributed by atoms with Crippen LogP contribution in [0.25, 0.3) is 0 Å². The van der Waals surface area contributed by atoms with E-state index in [1.807, 2.05) is 0 Å². The number of halogens is 2. The van der Waals surface area contributed by atoms with Crippen LogP contribution in [0, 0.1) is 23.6 Å². The first-order chi connectivity index (χ1) is 8.63. The molecule has 0 saturated heterocycles. The number of rotatable bonds is 3. The van der Waals surface area contributed by atoms with Crippen molar-refractivity contribution in [3.8, 4) is 0 Å². The molecule has 0 aliphatic heterocycles. The summed E-state index contributed by atoms with van der Waals surface area (Å²) in [6, 6.07) is 4.24. The molecule has 3 unspecified atom stereocenters. The van der Waals surface area contributed by atoms with Gasteiger partial charge in [0.05, 0.1) is 0 Å². The second kappa shape index (κ2) is 4.65. The first kappa shape index (κ1) is 12.2. The summed E-state index contributed by atoms with van der Waals surface area (Å²) in [5.41, 5.74) is 0.629. The zero-order valence-corrected chi connectivity index (χ0v) is 10.9. The molecule has 3 heteroatoms. The molecule has 96 valence electrons. The van der Waals surface area contributed by atoms with Gasteiger partial charge in [-0.15, -0.1) is 0 Å². The first-order valence-corrected chi connectivity index (χ1v) is 6.98. The molecule has 2 fully saturated rings. The topological polar surface area (TPSA) is 17.1 Å². The van der Waals surface area contributed by atoms with Gasteiger partial charge in [0, 0.05) is 17.4 Å². The van der Waals surface area contributed by atoms with E-state index < -0.39 is 0 Å². The molecule has 0 spiro atoms. The van der Waals surface area contributed by atoms with Crippen LogP contribution in [0.2, 0.25) is 5.02 Å². The van der Waals surface area contributed by atoms with Gasteiger partial charge in [-0.05, 0) is 54.9 Å². The Balaban J connectivity index is 1.72. The zero-order valence-electron chi connectivity index (χ0n) is 10.2. The first-order valence-electron chi connectivity index (χ1n) is 6.60. The Morgan fingerprint density at radius 3 is 2.83 bits per heavy atom. The fourth-order valence-electron chi connectivity index (χ4n) is 3.64. The fraction of sp³-hybridized carbons (Fsp3) is 0.533. The predicted molar refractivity (Wildman–Crippen MR) is 69.1 cm³/mol. The molecule has 2 aliphatic rings. The highest BCUT2D eigenvalue weighted by Crippen LogP contribution is 2.48. The van der Waals surface area contributed by atoms with E-state index in [1.54, 1.807) is 0 Å². The van der Waals surface area contributed by atoms with Crippen molar-refractivity contribution >= 4 is 17.4 Å². The quantitative estimate of drug-likeness (QED) is 0.807. The molecule has 2 aliphatic carbocycles. The lowest BCUT2D eigenvalue weighted by atomic mass is 9.83. The number of hydrogen-bond donors (Lipinski definition) is 0. The van der Waals surface area contributed by atoms with Gasteiger partial charge in [0.2, 0.25) is 0 Å². The van der Waals surface area contributed by atoms with E-state index in [1.165, 1.54) is 37.5 Å². The average molecular weight is 267 g/mol. The molecule has 0 heterocycles. The van der Waals surface area contributed by atoms with Crippen LogP contribution in [0.4, 0.5) is 4.39 Å². The van der Waals surface area contributed by atoms with E-state index in [-0.39, 0.29) is 23.9 Å². The molecule has 3 rings (SSSR count). The highest BCUT2D eigenvalue weighted by molar-refractivity contribution is 6.31. The normalized spacial score (nSPS) is 29.8. The van der Waals surface area contributed by atoms with Crippen molar-refractivity contribution in [2.45, 2.75) is 32.1 Å². The predicted octanol–water partition coefficient (Wildman–Crippen LogP) is 4.03. The number of ketones is 1. The van der Waals surface area contributed by atoms with Crippen molar-refractivity contribution in [2.24, 2.45) is 17.8 Å². The van der Waals surface area contributed by atoms with Gasteiger partial charge in [-0.1, -0.05) is 18.0 Å². The molecule has 0 N–H and O–H groups in total. The molecule has 3 atom stereocenters. The maximum atomic E-state index is 13.2. The van der Waals surface area contributed by atoms with Crippen molar-refractivity contribution < 1.29 is 9.18 Å². The summed E-state index contributed by atoms with van der Waals surface area (Å²) in [6.07, 6.45) is 5.02. The van der Waals surface area contributed by atoms with Gasteiger partial charge in [0.25, 0.3) is 0 Å². The number of carbonyl (C=O) groups is 1. The van der Waals surface area contributed by atoms with E-state index in [9.17, 15) is 9.18 Å². The SMILES string of the molecule is O=C(Cc1cc(F)ccc1Cl)C1CC2CCC1C2. The van der Waals surface area contributed by atoms with Crippen LogP contribution < -0.4 is 0 Å². The third-order valence-electron chi connectivity index (χ3n) is 4.52. The second-order valence-corrected chi connectivity index (χ2v) is 6.07. The Hall–Kier alpha value is -0.890. The highest BCUT2D eigenvalue weighted by atomic mass is 35.5. The molecule has 2 bridgehead atoms.